The van der Waals surface area contributed by atoms with Crippen molar-refractivity contribution in [1.29, 1.82) is 0 Å². The van der Waals surface area contributed by atoms with Gasteiger partial charge in [0.25, 0.3) is 5.91 Å². The van der Waals surface area contributed by atoms with Gasteiger partial charge in [0.05, 0.1) is 17.5 Å². The van der Waals surface area contributed by atoms with Crippen molar-refractivity contribution in [2.24, 2.45) is 0 Å². The minimum atomic E-state index is -0.688. The molecule has 1 aliphatic heterocycles. The molecular formula is C23H17ClFN7O. The highest BCUT2D eigenvalue weighted by Gasteiger charge is 2.34. The van der Waals surface area contributed by atoms with Crippen LogP contribution in [0.15, 0.2) is 78.4 Å². The number of aromatic nitrogens is 5. The van der Waals surface area contributed by atoms with E-state index in [0.29, 0.717) is 39.3 Å². The van der Waals surface area contributed by atoms with Crippen molar-refractivity contribution in [3.05, 3.63) is 94.9 Å². The summed E-state index contributed by atoms with van der Waals surface area (Å²) in [5.74, 6) is -0.0996. The van der Waals surface area contributed by atoms with Crippen LogP contribution in [0, 0.1) is 5.95 Å². The van der Waals surface area contributed by atoms with Crippen molar-refractivity contribution in [3.63, 3.8) is 0 Å². The molecule has 5 rings (SSSR count). The summed E-state index contributed by atoms with van der Waals surface area (Å²) >= 11 is 6.14. The van der Waals surface area contributed by atoms with Gasteiger partial charge in [0.15, 0.2) is 5.82 Å². The third-order valence-electron chi connectivity index (χ3n) is 5.17. The van der Waals surface area contributed by atoms with Crippen LogP contribution < -0.4 is 10.6 Å². The number of hydrogen-bond acceptors (Lipinski definition) is 6. The summed E-state index contributed by atoms with van der Waals surface area (Å²) in [4.78, 5) is 25.8. The molecule has 1 aromatic carbocycles. The van der Waals surface area contributed by atoms with E-state index in [4.69, 9.17) is 11.6 Å². The highest BCUT2D eigenvalue weighted by atomic mass is 35.5. The Bertz CT molecular complexity index is 1370. The predicted molar refractivity (Wildman–Crippen MR) is 122 cm³/mol. The summed E-state index contributed by atoms with van der Waals surface area (Å²) in [6.07, 6.45) is 4.56. The topological polar surface area (TPSA) is 97.6 Å². The van der Waals surface area contributed by atoms with Gasteiger partial charge >= 0.3 is 0 Å². The van der Waals surface area contributed by atoms with E-state index in [2.05, 4.69) is 30.7 Å². The van der Waals surface area contributed by atoms with Crippen molar-refractivity contribution < 1.29 is 9.18 Å². The summed E-state index contributed by atoms with van der Waals surface area (Å²) < 4.78 is 15.2. The molecule has 0 saturated heterocycles. The number of carbonyl (C=O) groups is 1. The van der Waals surface area contributed by atoms with Crippen LogP contribution >= 0.6 is 11.6 Å². The number of fused-ring (bicyclic) bond motifs is 1. The lowest BCUT2D eigenvalue weighted by molar-refractivity contribution is -0.113. The number of rotatable bonds is 4. The Morgan fingerprint density at radius 3 is 2.79 bits per heavy atom. The Labute approximate surface area is 193 Å². The molecule has 1 amide bonds. The number of nitrogens with one attached hydrogen (secondary N) is 2. The van der Waals surface area contributed by atoms with Gasteiger partial charge in [-0.05, 0) is 37.3 Å². The monoisotopic (exact) mass is 461 g/mol. The van der Waals surface area contributed by atoms with Crippen LogP contribution in [0.1, 0.15) is 18.5 Å². The number of amides is 1. The summed E-state index contributed by atoms with van der Waals surface area (Å²) in [6.45, 7) is 1.78. The first kappa shape index (κ1) is 20.8. The summed E-state index contributed by atoms with van der Waals surface area (Å²) in [7, 11) is 0. The van der Waals surface area contributed by atoms with Gasteiger partial charge in [-0.25, -0.2) is 9.67 Å². The zero-order valence-electron chi connectivity index (χ0n) is 17.3. The average Bonchev–Trinajstić information content (AvgIpc) is 3.23. The SMILES string of the molecule is CC1=C(C(=O)Nc2cccnc2)[C@@H](c2ccc(F)nc2)n2nc(-c3cccc(Cl)c3)nc2N1. The second-order valence-electron chi connectivity index (χ2n) is 7.39. The lowest BCUT2D eigenvalue weighted by Crippen LogP contribution is -2.31. The maximum atomic E-state index is 13.6. The molecule has 33 heavy (non-hydrogen) atoms. The Hall–Kier alpha value is -4.11. The van der Waals surface area contributed by atoms with Crippen molar-refractivity contribution in [2.75, 3.05) is 10.6 Å². The van der Waals surface area contributed by atoms with E-state index in [-0.39, 0.29) is 5.91 Å². The fourth-order valence-electron chi connectivity index (χ4n) is 3.69. The van der Waals surface area contributed by atoms with E-state index in [1.54, 1.807) is 54.3 Å². The molecule has 0 saturated carbocycles. The molecule has 1 atom stereocenters. The fraction of sp³-hybridized carbons (Fsp3) is 0.0870. The molecule has 4 heterocycles. The highest BCUT2D eigenvalue weighted by molar-refractivity contribution is 6.30. The van der Waals surface area contributed by atoms with Crippen LogP contribution in [0.25, 0.3) is 11.4 Å². The first-order chi connectivity index (χ1) is 16.0. The number of hydrogen-bond donors (Lipinski definition) is 2. The van der Waals surface area contributed by atoms with Crippen LogP contribution in [0.3, 0.4) is 0 Å². The maximum Gasteiger partial charge on any atom is 0.255 e. The Morgan fingerprint density at radius 1 is 1.18 bits per heavy atom. The van der Waals surface area contributed by atoms with E-state index in [1.807, 2.05) is 12.1 Å². The zero-order chi connectivity index (χ0) is 22.9. The van der Waals surface area contributed by atoms with E-state index in [9.17, 15) is 9.18 Å². The van der Waals surface area contributed by atoms with Crippen LogP contribution in [0.5, 0.6) is 0 Å². The molecule has 164 valence electrons. The zero-order valence-corrected chi connectivity index (χ0v) is 18.1. The minimum Gasteiger partial charge on any atom is -0.328 e. The fourth-order valence-corrected chi connectivity index (χ4v) is 3.88. The maximum absolute atomic E-state index is 13.6. The van der Waals surface area contributed by atoms with E-state index >= 15 is 0 Å². The molecule has 0 radical (unpaired) electrons. The molecular weight excluding hydrogens is 445 g/mol. The van der Waals surface area contributed by atoms with Crippen molar-refractivity contribution in [2.45, 2.75) is 13.0 Å². The first-order valence-corrected chi connectivity index (χ1v) is 10.4. The minimum absolute atomic E-state index is 0.354. The number of allylic oxidation sites excluding steroid dienone is 1. The molecule has 10 heteroatoms. The average molecular weight is 462 g/mol. The van der Waals surface area contributed by atoms with E-state index < -0.39 is 12.0 Å². The molecule has 0 bridgehead atoms. The van der Waals surface area contributed by atoms with Gasteiger partial charge in [0.1, 0.15) is 6.04 Å². The molecule has 0 unspecified atom stereocenters. The Balaban J connectivity index is 1.61. The molecule has 3 aromatic heterocycles. The number of carbonyl (C=O) groups excluding carboxylic acids is 1. The third-order valence-corrected chi connectivity index (χ3v) is 5.40. The van der Waals surface area contributed by atoms with Crippen LogP contribution in [-0.2, 0) is 4.79 Å². The summed E-state index contributed by atoms with van der Waals surface area (Å²) in [6, 6.07) is 12.8. The molecule has 2 N–H and O–H groups in total. The van der Waals surface area contributed by atoms with Gasteiger partial charge in [0, 0.05) is 34.2 Å². The van der Waals surface area contributed by atoms with Gasteiger partial charge < -0.3 is 10.6 Å². The second-order valence-corrected chi connectivity index (χ2v) is 7.83. The molecule has 8 nitrogen and oxygen atoms in total. The van der Waals surface area contributed by atoms with Crippen molar-refractivity contribution in [3.8, 4) is 11.4 Å². The normalized spacial score (nSPS) is 15.1. The van der Waals surface area contributed by atoms with Crippen molar-refractivity contribution in [1.82, 2.24) is 24.7 Å². The largest absolute Gasteiger partial charge is 0.328 e. The van der Waals surface area contributed by atoms with Gasteiger partial charge in [-0.2, -0.15) is 9.37 Å². The standard InChI is InChI=1S/C23H17ClFN7O/c1-13-19(22(33)29-17-6-3-9-26-12-17)20(15-7-8-18(25)27-11-15)32-23(28-13)30-21(31-32)14-4-2-5-16(24)10-14/h2-12,20H,1H3,(H,29,33)(H,28,30,31)/t20-/m1/s1. The number of benzene rings is 1. The third kappa shape index (κ3) is 4.06. The Kier molecular flexibility index (Phi) is 5.31. The lowest BCUT2D eigenvalue weighted by Gasteiger charge is -2.28. The molecule has 1 aliphatic rings. The number of anilines is 2. The quantitative estimate of drug-likeness (QED) is 0.435. The number of pyridine rings is 2. The molecule has 4 aromatic rings. The smallest absolute Gasteiger partial charge is 0.255 e. The van der Waals surface area contributed by atoms with Crippen LogP contribution in [0.2, 0.25) is 5.02 Å². The Morgan fingerprint density at radius 2 is 2.06 bits per heavy atom. The number of halogens is 2. The van der Waals surface area contributed by atoms with Gasteiger partial charge in [0.2, 0.25) is 11.9 Å². The van der Waals surface area contributed by atoms with Gasteiger partial charge in [-0.3, -0.25) is 9.78 Å². The number of nitrogens with zero attached hydrogens (tertiary/aromatic N) is 5. The lowest BCUT2D eigenvalue weighted by atomic mass is 9.96. The van der Waals surface area contributed by atoms with E-state index in [0.717, 1.165) is 5.56 Å². The van der Waals surface area contributed by atoms with E-state index in [1.165, 1.54) is 12.3 Å². The van der Waals surface area contributed by atoms with Gasteiger partial charge in [-0.1, -0.05) is 29.8 Å². The van der Waals surface area contributed by atoms with Gasteiger partial charge in [-0.15, -0.1) is 5.10 Å². The summed E-state index contributed by atoms with van der Waals surface area (Å²) in [5, 5.41) is 11.2. The molecule has 0 spiro atoms. The first-order valence-electron chi connectivity index (χ1n) is 10.0. The van der Waals surface area contributed by atoms with Crippen molar-refractivity contribution >= 4 is 29.1 Å². The predicted octanol–water partition coefficient (Wildman–Crippen LogP) is 4.46. The highest BCUT2D eigenvalue weighted by Crippen LogP contribution is 2.36. The summed E-state index contributed by atoms with van der Waals surface area (Å²) in [5.41, 5.74) is 2.83. The molecule has 0 aliphatic carbocycles. The molecule has 0 fully saturated rings. The second kappa shape index (κ2) is 8.44. The van der Waals surface area contributed by atoms with Crippen LogP contribution in [-0.4, -0.2) is 30.6 Å². The van der Waals surface area contributed by atoms with Crippen LogP contribution in [0.4, 0.5) is 16.0 Å².